The van der Waals surface area contributed by atoms with Crippen LogP contribution < -0.4 is 0 Å². The number of hydrogen-bond acceptors (Lipinski definition) is 3. The quantitative estimate of drug-likeness (QED) is 0.111. The van der Waals surface area contributed by atoms with Crippen molar-refractivity contribution in [3.8, 4) is 0 Å². The van der Waals surface area contributed by atoms with E-state index < -0.39 is 24.9 Å². The molecular weight excluding hydrogens is 615 g/mol. The Labute approximate surface area is 245 Å². The molecule has 0 aromatic heterocycles. The van der Waals surface area contributed by atoms with Crippen LogP contribution in [-0.4, -0.2) is 60.8 Å². The van der Waals surface area contributed by atoms with Crippen molar-refractivity contribution < 1.29 is 13.0 Å². The number of hydrogen-bond donors (Lipinski definition) is 1. The van der Waals surface area contributed by atoms with Gasteiger partial charge in [0.15, 0.2) is 0 Å². The maximum absolute atomic E-state index is 12.2. The van der Waals surface area contributed by atoms with E-state index in [9.17, 15) is 9.90 Å². The van der Waals surface area contributed by atoms with Crippen LogP contribution in [0.4, 0.5) is 4.79 Å². The van der Waals surface area contributed by atoms with Gasteiger partial charge in [-0.15, -0.1) is 0 Å². The minimum absolute atomic E-state index is 0.300. The van der Waals surface area contributed by atoms with Gasteiger partial charge in [-0.05, 0) is 0 Å². The molecule has 214 valence electrons. The summed E-state index contributed by atoms with van der Waals surface area (Å²) in [4.78, 5) is 18.6. The molecule has 5 nitrogen and oxygen atoms in total. The molecule has 0 bridgehead atoms. The minimum atomic E-state index is -2.63. The first-order valence-corrected chi connectivity index (χ1v) is 22.5. The van der Waals surface area contributed by atoms with Gasteiger partial charge in [-0.2, -0.15) is 0 Å². The van der Waals surface area contributed by atoms with Gasteiger partial charge < -0.3 is 0 Å². The number of aliphatic imine (C=N–C) groups is 1. The SMILES string of the molecule is CCC[CH2][Sn]([CH2]CCC)([CH2]CCC)[O]CCN=Cc1cccc2c1C(Cc1ccccc1Cl)N(C(=O)O)CC2. The standard InChI is InChI=1S/C20H20ClN2O3.3C4H9.Sn/c21-17-7-2-1-4-15(17)12-18-19-14(8-10-23(18)20(25)26)5-3-6-16(19)13-22-9-11-24;3*1-3-4-2;/h1-7,13,18H,8-12H2,(H,25,26);3*1,3-4H2,2H3;/q-1;;;;+1. The predicted octanol–water partition coefficient (Wildman–Crippen LogP) is 8.94. The molecular formula is C32H47ClN2O3Sn. The number of nitrogens with zero attached hydrogens (tertiary/aromatic N) is 2. The number of carboxylic acid groups (broad SMARTS) is 1. The third-order valence-electron chi connectivity index (χ3n) is 8.00. The molecule has 2 aromatic rings. The number of unbranched alkanes of at least 4 members (excludes halogenated alkanes) is 3. The van der Waals surface area contributed by atoms with Crippen LogP contribution >= 0.6 is 11.6 Å². The molecule has 0 radical (unpaired) electrons. The Morgan fingerprint density at radius 1 is 1.05 bits per heavy atom. The van der Waals surface area contributed by atoms with Crippen molar-refractivity contribution >= 4 is 42.7 Å². The molecule has 3 rings (SSSR count). The third-order valence-corrected chi connectivity index (χ3v) is 21.5. The molecule has 1 N–H and O–H groups in total. The van der Waals surface area contributed by atoms with Crippen molar-refractivity contribution in [2.24, 2.45) is 4.99 Å². The van der Waals surface area contributed by atoms with Gasteiger partial charge in [0, 0.05) is 0 Å². The fourth-order valence-corrected chi connectivity index (χ4v) is 19.4. The Kier molecular flexibility index (Phi) is 13.6. The zero-order valence-electron chi connectivity index (χ0n) is 24.1. The van der Waals surface area contributed by atoms with Crippen LogP contribution in [-0.2, 0) is 15.9 Å². The molecule has 2 aromatic carbocycles. The summed E-state index contributed by atoms with van der Waals surface area (Å²) in [6.07, 6.45) is 9.86. The van der Waals surface area contributed by atoms with Crippen LogP contribution in [0.5, 0.6) is 0 Å². The Hall–Kier alpha value is -1.57. The van der Waals surface area contributed by atoms with Crippen LogP contribution in [0, 0.1) is 0 Å². The summed E-state index contributed by atoms with van der Waals surface area (Å²) >= 11 is 3.86. The van der Waals surface area contributed by atoms with Gasteiger partial charge in [0.2, 0.25) is 0 Å². The van der Waals surface area contributed by atoms with Crippen LogP contribution in [0.15, 0.2) is 47.5 Å². The van der Waals surface area contributed by atoms with E-state index >= 15 is 0 Å². The molecule has 0 aliphatic carbocycles. The fraction of sp³-hybridized carbons (Fsp3) is 0.562. The van der Waals surface area contributed by atoms with E-state index in [0.717, 1.165) is 16.7 Å². The van der Waals surface area contributed by atoms with Gasteiger partial charge in [-0.25, -0.2) is 0 Å². The summed E-state index contributed by atoms with van der Waals surface area (Å²) in [7, 11) is 0. The average molecular weight is 662 g/mol. The van der Waals surface area contributed by atoms with Gasteiger partial charge in [0.05, 0.1) is 0 Å². The third kappa shape index (κ3) is 9.22. The molecule has 1 aliphatic rings. The molecule has 0 fully saturated rings. The first-order valence-electron chi connectivity index (χ1n) is 14.9. The molecule has 1 atom stereocenters. The van der Waals surface area contributed by atoms with Crippen molar-refractivity contribution in [1.29, 1.82) is 0 Å². The number of fused-ring (bicyclic) bond motifs is 1. The van der Waals surface area contributed by atoms with Crippen LogP contribution in [0.1, 0.15) is 87.6 Å². The Bertz CT molecular complexity index is 1060. The summed E-state index contributed by atoms with van der Waals surface area (Å²) in [6, 6.07) is 13.6. The molecule has 0 saturated carbocycles. The average Bonchev–Trinajstić information content (AvgIpc) is 2.94. The van der Waals surface area contributed by atoms with Crippen molar-refractivity contribution in [2.45, 2.75) is 91.5 Å². The summed E-state index contributed by atoms with van der Waals surface area (Å²) < 4.78 is 10.8. The van der Waals surface area contributed by atoms with Gasteiger partial charge in [0.1, 0.15) is 0 Å². The van der Waals surface area contributed by atoms with Gasteiger partial charge in [-0.1, -0.05) is 6.07 Å². The normalized spacial score (nSPS) is 15.6. The van der Waals surface area contributed by atoms with E-state index in [0.29, 0.717) is 37.6 Å². The van der Waals surface area contributed by atoms with Gasteiger partial charge in [-0.3, -0.25) is 0 Å². The van der Waals surface area contributed by atoms with E-state index in [4.69, 9.17) is 19.7 Å². The molecule has 1 unspecified atom stereocenters. The van der Waals surface area contributed by atoms with E-state index in [-0.39, 0.29) is 6.04 Å². The topological polar surface area (TPSA) is 62.1 Å². The monoisotopic (exact) mass is 662 g/mol. The maximum atomic E-state index is 12.2. The Morgan fingerprint density at radius 2 is 1.72 bits per heavy atom. The second-order valence-corrected chi connectivity index (χ2v) is 23.1. The number of rotatable bonds is 16. The number of benzene rings is 2. The molecule has 0 saturated heterocycles. The molecule has 39 heavy (non-hydrogen) atoms. The second kappa shape index (κ2) is 16.6. The Balaban J connectivity index is 1.78. The van der Waals surface area contributed by atoms with Crippen molar-refractivity contribution in [2.75, 3.05) is 19.7 Å². The summed E-state index contributed by atoms with van der Waals surface area (Å²) in [5.41, 5.74) is 4.20. The summed E-state index contributed by atoms with van der Waals surface area (Å²) in [5.74, 6) is 0. The van der Waals surface area contributed by atoms with E-state index in [1.165, 1.54) is 57.4 Å². The van der Waals surface area contributed by atoms with E-state index in [1.807, 2.05) is 30.5 Å². The first-order chi connectivity index (χ1) is 18.9. The predicted molar refractivity (Wildman–Crippen MR) is 166 cm³/mol. The first kappa shape index (κ1) is 31.9. The zero-order chi connectivity index (χ0) is 28.1. The number of halogens is 1. The molecule has 1 heterocycles. The molecule has 7 heteroatoms. The van der Waals surface area contributed by atoms with Crippen LogP contribution in [0.2, 0.25) is 18.3 Å². The van der Waals surface area contributed by atoms with Crippen molar-refractivity contribution in [1.82, 2.24) is 4.90 Å². The molecule has 1 aliphatic heterocycles. The van der Waals surface area contributed by atoms with Crippen molar-refractivity contribution in [3.63, 3.8) is 0 Å². The van der Waals surface area contributed by atoms with Crippen LogP contribution in [0.25, 0.3) is 0 Å². The summed E-state index contributed by atoms with van der Waals surface area (Å²) in [6.45, 7) is 8.67. The van der Waals surface area contributed by atoms with Gasteiger partial charge >= 0.3 is 240 Å². The van der Waals surface area contributed by atoms with E-state index in [1.54, 1.807) is 4.90 Å². The Morgan fingerprint density at radius 3 is 2.33 bits per heavy atom. The number of carbonyl (C=O) groups is 1. The zero-order valence-corrected chi connectivity index (χ0v) is 27.7. The van der Waals surface area contributed by atoms with Crippen LogP contribution in [0.3, 0.4) is 0 Å². The summed E-state index contributed by atoms with van der Waals surface area (Å²) in [5, 5.41) is 10.7. The number of amides is 1. The van der Waals surface area contributed by atoms with Crippen molar-refractivity contribution in [3.05, 3.63) is 69.7 Å². The van der Waals surface area contributed by atoms with Gasteiger partial charge in [0.25, 0.3) is 0 Å². The van der Waals surface area contributed by atoms with E-state index in [2.05, 4.69) is 39.0 Å². The molecule has 0 spiro atoms. The molecule has 1 amide bonds. The fourth-order valence-electron chi connectivity index (χ4n) is 5.80. The second-order valence-electron chi connectivity index (χ2n) is 10.8.